The molecule has 0 amide bonds. The summed E-state index contributed by atoms with van der Waals surface area (Å²) in [5, 5.41) is 1.30. The first-order chi connectivity index (χ1) is 18.7. The molecule has 5 aromatic rings. The lowest BCUT2D eigenvalue weighted by atomic mass is 9.87. The molecule has 0 saturated heterocycles. The molecular weight excluding hydrogens is 498 g/mol. The highest BCUT2D eigenvalue weighted by molar-refractivity contribution is 5.80. The van der Waals surface area contributed by atoms with Crippen LogP contribution >= 0.6 is 0 Å². The van der Waals surface area contributed by atoms with Gasteiger partial charge in [0.25, 0.3) is 0 Å². The molecule has 2 aromatic carbocycles. The molecule has 3 heteroatoms. The average Bonchev–Trinajstić information content (AvgIpc) is 3.57. The highest BCUT2D eigenvalue weighted by atomic mass is 15.0. The molecule has 0 aliphatic carbocycles. The van der Waals surface area contributed by atoms with Crippen molar-refractivity contribution in [3.05, 3.63) is 108 Å². The normalized spacial score (nSPS) is 10.9. The van der Waals surface area contributed by atoms with Crippen LogP contribution in [0.4, 0.5) is 0 Å². The number of aromatic amines is 1. The number of hydrogen-bond donors (Lipinski definition) is 1. The molecule has 1 N–H and O–H groups in total. The largest absolute Gasteiger partial charge is 0.358 e. The van der Waals surface area contributed by atoms with Crippen LogP contribution in [0, 0.1) is 0 Å². The molecule has 0 unspecified atom stereocenters. The fourth-order valence-corrected chi connectivity index (χ4v) is 3.71. The molecule has 41 heavy (non-hydrogen) atoms. The smallest absolute Gasteiger partial charge is 0.136 e. The molecule has 3 aromatic heterocycles. The van der Waals surface area contributed by atoms with Crippen LogP contribution in [0.5, 0.6) is 0 Å². The Morgan fingerprint density at radius 2 is 1.15 bits per heavy atom. The van der Waals surface area contributed by atoms with Crippen LogP contribution in [-0.2, 0) is 16.2 Å². The summed E-state index contributed by atoms with van der Waals surface area (Å²) in [4.78, 5) is 7.98. The number of fused-ring (bicyclic) bond motifs is 2. The Bertz CT molecular complexity index is 1220. The van der Waals surface area contributed by atoms with E-state index >= 15 is 0 Å². The zero-order valence-corrected chi connectivity index (χ0v) is 27.6. The summed E-state index contributed by atoms with van der Waals surface area (Å²) < 4.78 is 2.06. The van der Waals surface area contributed by atoms with Crippen LogP contribution in [-0.4, -0.2) is 14.4 Å². The van der Waals surface area contributed by atoms with E-state index in [1.165, 1.54) is 22.2 Å². The lowest BCUT2D eigenvalue weighted by molar-refractivity contribution is 0.573. The Balaban J connectivity index is 0.000000550. The van der Waals surface area contributed by atoms with E-state index < -0.39 is 0 Å². The van der Waals surface area contributed by atoms with Gasteiger partial charge < -0.3 is 9.38 Å². The van der Waals surface area contributed by atoms with Gasteiger partial charge in [0.2, 0.25) is 0 Å². The second-order valence-corrected chi connectivity index (χ2v) is 12.5. The second kappa shape index (κ2) is 16.8. The topological polar surface area (TPSA) is 33.1 Å². The Morgan fingerprint density at radius 1 is 0.610 bits per heavy atom. The number of aromatic nitrogens is 3. The van der Waals surface area contributed by atoms with Crippen molar-refractivity contribution in [1.82, 2.24) is 14.4 Å². The zero-order chi connectivity index (χ0) is 30.6. The molecule has 3 heterocycles. The third-order valence-corrected chi connectivity index (χ3v) is 6.11. The van der Waals surface area contributed by atoms with Crippen molar-refractivity contribution in [2.75, 3.05) is 0 Å². The number of H-pyrrole nitrogens is 1. The highest BCUT2D eigenvalue weighted by Gasteiger charge is 2.17. The molecule has 0 aliphatic heterocycles. The monoisotopic (exact) mass is 557 g/mol. The molecule has 0 fully saturated rings. The Morgan fingerprint density at radius 3 is 1.61 bits per heavy atom. The standard InChI is InChI=1S/C12H15N.C11H14N2.C10H14.2C2H6.CH4/c1-12(2,3)11-8-9-6-4-5-7-10(9)13-11;1-11(2,3)9-8-13-7-5-4-6-10(13)12-9;1-10(2,3)9-7-5-4-6-8-9;2*1-2;/h4-8,13H,1-3H3;4-8H,1-3H3;4-8H,1-3H3;2*1-2H3;1H4. The maximum Gasteiger partial charge on any atom is 0.136 e. The number of para-hydroxylation sites is 1. The van der Waals surface area contributed by atoms with E-state index in [1.54, 1.807) is 0 Å². The van der Waals surface area contributed by atoms with Gasteiger partial charge in [-0.15, -0.1) is 0 Å². The summed E-state index contributed by atoms with van der Waals surface area (Å²) in [7, 11) is 0. The predicted molar refractivity (Wildman–Crippen MR) is 185 cm³/mol. The van der Waals surface area contributed by atoms with Gasteiger partial charge in [-0.3, -0.25) is 0 Å². The minimum absolute atomic E-state index is 0. The van der Waals surface area contributed by atoms with Crippen LogP contribution < -0.4 is 0 Å². The first-order valence-corrected chi connectivity index (χ1v) is 14.8. The van der Waals surface area contributed by atoms with E-state index in [4.69, 9.17) is 0 Å². The van der Waals surface area contributed by atoms with E-state index in [2.05, 4.69) is 144 Å². The van der Waals surface area contributed by atoms with Gasteiger partial charge in [0, 0.05) is 34.4 Å². The van der Waals surface area contributed by atoms with Gasteiger partial charge >= 0.3 is 0 Å². The summed E-state index contributed by atoms with van der Waals surface area (Å²) in [5.41, 5.74) is 6.72. The van der Waals surface area contributed by atoms with Gasteiger partial charge in [-0.2, -0.15) is 0 Å². The molecule has 0 bridgehead atoms. The zero-order valence-electron chi connectivity index (χ0n) is 27.6. The number of imidazole rings is 1. The molecule has 3 nitrogen and oxygen atoms in total. The van der Waals surface area contributed by atoms with Crippen molar-refractivity contribution in [1.29, 1.82) is 0 Å². The van der Waals surface area contributed by atoms with Crippen molar-refractivity contribution in [3.63, 3.8) is 0 Å². The van der Waals surface area contributed by atoms with E-state index in [9.17, 15) is 0 Å². The third-order valence-electron chi connectivity index (χ3n) is 6.11. The third kappa shape index (κ3) is 12.0. The van der Waals surface area contributed by atoms with Crippen molar-refractivity contribution >= 4 is 16.6 Å². The van der Waals surface area contributed by atoms with Gasteiger partial charge in [-0.1, -0.05) is 152 Å². The van der Waals surface area contributed by atoms with Crippen LogP contribution in [0.25, 0.3) is 16.6 Å². The maximum absolute atomic E-state index is 4.55. The Kier molecular flexibility index (Phi) is 15.5. The van der Waals surface area contributed by atoms with Crippen LogP contribution in [0.1, 0.15) is 114 Å². The predicted octanol–water partition coefficient (Wildman–Crippen LogP) is 11.8. The fourth-order valence-electron chi connectivity index (χ4n) is 3.71. The van der Waals surface area contributed by atoms with Gasteiger partial charge in [0.05, 0.1) is 5.69 Å². The number of nitrogens with zero attached hydrogens (tertiary/aromatic N) is 2. The van der Waals surface area contributed by atoms with Crippen LogP contribution in [0.15, 0.2) is 91.3 Å². The summed E-state index contributed by atoms with van der Waals surface area (Å²) in [6.07, 6.45) is 4.12. The van der Waals surface area contributed by atoms with Crippen LogP contribution in [0.2, 0.25) is 0 Å². The minimum Gasteiger partial charge on any atom is -0.358 e. The fraction of sp³-hybridized carbons (Fsp3) is 0.447. The summed E-state index contributed by atoms with van der Waals surface area (Å²) in [5.74, 6) is 0. The van der Waals surface area contributed by atoms with Gasteiger partial charge in [-0.25, -0.2) is 4.98 Å². The SMILES string of the molecule is C.CC.CC.CC(C)(C)c1cc2ccccc2[nH]1.CC(C)(C)c1ccccc1.CC(C)(C)c1cn2ccccc2n1. The summed E-state index contributed by atoms with van der Waals surface area (Å²) >= 11 is 0. The molecule has 226 valence electrons. The lowest BCUT2D eigenvalue weighted by Crippen LogP contribution is -2.11. The Labute approximate surface area is 252 Å². The quantitative estimate of drug-likeness (QED) is 0.202. The van der Waals surface area contributed by atoms with E-state index in [0.29, 0.717) is 5.41 Å². The first-order valence-electron chi connectivity index (χ1n) is 14.8. The average molecular weight is 558 g/mol. The number of hydrogen-bond acceptors (Lipinski definition) is 1. The highest BCUT2D eigenvalue weighted by Crippen LogP contribution is 2.25. The molecule has 0 radical (unpaired) electrons. The molecule has 0 atom stereocenters. The molecule has 5 rings (SSSR count). The lowest BCUT2D eigenvalue weighted by Gasteiger charge is -2.18. The van der Waals surface area contributed by atoms with Gasteiger partial charge in [0.15, 0.2) is 0 Å². The second-order valence-electron chi connectivity index (χ2n) is 12.5. The van der Waals surface area contributed by atoms with Crippen molar-refractivity contribution in [2.24, 2.45) is 0 Å². The van der Waals surface area contributed by atoms with E-state index in [-0.39, 0.29) is 18.3 Å². The molecule has 0 saturated carbocycles. The van der Waals surface area contributed by atoms with Crippen molar-refractivity contribution in [2.45, 2.75) is 114 Å². The number of nitrogens with one attached hydrogen (secondary N) is 1. The molecule has 0 spiro atoms. The molecule has 0 aliphatic rings. The minimum atomic E-state index is 0. The first kappa shape index (κ1) is 37.7. The van der Waals surface area contributed by atoms with E-state index in [0.717, 1.165) is 11.3 Å². The number of benzene rings is 2. The number of rotatable bonds is 0. The summed E-state index contributed by atoms with van der Waals surface area (Å²) in [6.45, 7) is 27.9. The van der Waals surface area contributed by atoms with Crippen molar-refractivity contribution < 1.29 is 0 Å². The Hall–Kier alpha value is -3.33. The van der Waals surface area contributed by atoms with Gasteiger partial charge in [-0.05, 0) is 40.6 Å². The maximum atomic E-state index is 4.55. The summed E-state index contributed by atoms with van der Waals surface area (Å²) in [6, 6.07) is 27.2. The van der Waals surface area contributed by atoms with Crippen LogP contribution in [0.3, 0.4) is 0 Å². The van der Waals surface area contributed by atoms with Gasteiger partial charge in [0.1, 0.15) is 5.65 Å². The van der Waals surface area contributed by atoms with E-state index in [1.807, 2.05) is 52.1 Å². The number of pyridine rings is 1. The van der Waals surface area contributed by atoms with Crippen molar-refractivity contribution in [3.8, 4) is 0 Å². The molecular formula is C38H59N3.